The SMILES string of the molecule is CC1CN(c2cnc(C(=O)Nc3nc(-c4cc(Cl)cs4)c(CN4CCCC4C)s3)cn2)CCN1CCC(=O)O. The minimum absolute atomic E-state index is 0.133. The summed E-state index contributed by atoms with van der Waals surface area (Å²) < 4.78 is 0. The van der Waals surface area contributed by atoms with Crippen LogP contribution >= 0.6 is 34.3 Å². The molecule has 0 radical (unpaired) electrons. The molecule has 2 aliphatic rings. The second-order valence-corrected chi connectivity index (χ2v) is 12.5. The molecule has 0 saturated carbocycles. The number of hydrogen-bond donors (Lipinski definition) is 2. The molecule has 3 aromatic rings. The lowest BCUT2D eigenvalue weighted by atomic mass is 10.2. The molecular weight excluding hydrogens is 558 g/mol. The number of piperazine rings is 1. The summed E-state index contributed by atoms with van der Waals surface area (Å²) in [7, 11) is 0. The van der Waals surface area contributed by atoms with Gasteiger partial charge in [-0.25, -0.2) is 15.0 Å². The number of nitrogens with one attached hydrogen (secondary N) is 1. The highest BCUT2D eigenvalue weighted by Gasteiger charge is 2.26. The van der Waals surface area contributed by atoms with Crippen molar-refractivity contribution >= 4 is 57.1 Å². The molecule has 0 bridgehead atoms. The maximum Gasteiger partial charge on any atom is 0.304 e. The van der Waals surface area contributed by atoms with E-state index < -0.39 is 5.97 Å². The second-order valence-electron chi connectivity index (χ2n) is 10.1. The molecule has 208 valence electrons. The predicted molar refractivity (Wildman–Crippen MR) is 155 cm³/mol. The third kappa shape index (κ3) is 6.75. The number of carbonyl (C=O) groups excluding carboxylic acids is 1. The number of nitrogens with zero attached hydrogens (tertiary/aromatic N) is 6. The summed E-state index contributed by atoms with van der Waals surface area (Å²) in [5.74, 6) is -0.442. The smallest absolute Gasteiger partial charge is 0.304 e. The van der Waals surface area contributed by atoms with Crippen LogP contribution in [-0.4, -0.2) is 86.5 Å². The van der Waals surface area contributed by atoms with E-state index in [0.29, 0.717) is 35.1 Å². The number of aliphatic carboxylic acids is 1. The van der Waals surface area contributed by atoms with E-state index in [1.807, 2.05) is 11.4 Å². The maximum atomic E-state index is 13.0. The van der Waals surface area contributed by atoms with Crippen LogP contribution in [0.25, 0.3) is 10.6 Å². The van der Waals surface area contributed by atoms with Gasteiger partial charge >= 0.3 is 5.97 Å². The number of hydrogen-bond acceptors (Lipinski definition) is 10. The number of carboxylic acids is 1. The van der Waals surface area contributed by atoms with Crippen LogP contribution in [0.3, 0.4) is 0 Å². The number of likely N-dealkylation sites (tertiary alicyclic amines) is 1. The Bertz CT molecular complexity index is 1320. The molecule has 13 heteroatoms. The summed E-state index contributed by atoms with van der Waals surface area (Å²) in [5, 5.41) is 15.0. The largest absolute Gasteiger partial charge is 0.481 e. The van der Waals surface area contributed by atoms with Crippen LogP contribution < -0.4 is 10.2 Å². The van der Waals surface area contributed by atoms with Gasteiger partial charge in [-0.2, -0.15) is 0 Å². The molecule has 0 aromatic carbocycles. The summed E-state index contributed by atoms with van der Waals surface area (Å²) in [6, 6.07) is 2.63. The Morgan fingerprint density at radius 3 is 2.64 bits per heavy atom. The van der Waals surface area contributed by atoms with Crippen LogP contribution in [0.1, 0.15) is 48.5 Å². The van der Waals surface area contributed by atoms with Crippen molar-refractivity contribution in [3.8, 4) is 10.6 Å². The van der Waals surface area contributed by atoms with Crippen molar-refractivity contribution in [3.05, 3.63) is 39.4 Å². The highest BCUT2D eigenvalue weighted by molar-refractivity contribution is 7.17. The van der Waals surface area contributed by atoms with Crippen LogP contribution in [0, 0.1) is 0 Å². The van der Waals surface area contributed by atoms with E-state index in [4.69, 9.17) is 21.7 Å². The number of anilines is 2. The molecule has 3 aromatic heterocycles. The molecule has 10 nitrogen and oxygen atoms in total. The zero-order valence-electron chi connectivity index (χ0n) is 22.0. The molecule has 5 heterocycles. The third-order valence-electron chi connectivity index (χ3n) is 7.33. The number of carboxylic acid groups (broad SMARTS) is 1. The highest BCUT2D eigenvalue weighted by Crippen LogP contribution is 2.37. The lowest BCUT2D eigenvalue weighted by Crippen LogP contribution is -2.52. The third-order valence-corrected chi connectivity index (χ3v) is 9.57. The fourth-order valence-electron chi connectivity index (χ4n) is 5.09. The van der Waals surface area contributed by atoms with Gasteiger partial charge in [0, 0.05) is 55.1 Å². The fourth-order valence-corrected chi connectivity index (χ4v) is 7.24. The molecule has 5 rings (SSSR count). The van der Waals surface area contributed by atoms with Crippen LogP contribution in [0.15, 0.2) is 23.8 Å². The Balaban J connectivity index is 1.25. The van der Waals surface area contributed by atoms with Gasteiger partial charge in [0.15, 0.2) is 5.13 Å². The van der Waals surface area contributed by atoms with Gasteiger partial charge in [0.25, 0.3) is 5.91 Å². The Labute approximate surface area is 240 Å². The summed E-state index contributed by atoms with van der Waals surface area (Å²) >= 11 is 9.24. The quantitative estimate of drug-likeness (QED) is 0.371. The number of thiazole rings is 1. The van der Waals surface area contributed by atoms with Gasteiger partial charge in [0.1, 0.15) is 11.5 Å². The fraction of sp³-hybridized carbons (Fsp3) is 0.500. The van der Waals surface area contributed by atoms with E-state index in [2.05, 4.69) is 43.8 Å². The lowest BCUT2D eigenvalue weighted by molar-refractivity contribution is -0.137. The number of amides is 1. The van der Waals surface area contributed by atoms with Gasteiger partial charge in [-0.05, 0) is 39.3 Å². The normalized spacial score (nSPS) is 20.4. The highest BCUT2D eigenvalue weighted by atomic mass is 35.5. The van der Waals surface area contributed by atoms with E-state index in [1.165, 1.54) is 30.4 Å². The summed E-state index contributed by atoms with van der Waals surface area (Å²) in [5.41, 5.74) is 1.09. The number of carbonyl (C=O) groups is 2. The van der Waals surface area contributed by atoms with Crippen molar-refractivity contribution in [2.24, 2.45) is 0 Å². The van der Waals surface area contributed by atoms with E-state index in [1.54, 1.807) is 17.5 Å². The van der Waals surface area contributed by atoms with Crippen LogP contribution in [0.5, 0.6) is 0 Å². The first-order chi connectivity index (χ1) is 18.8. The Hall–Kier alpha value is -2.64. The first-order valence-electron chi connectivity index (χ1n) is 13.1. The van der Waals surface area contributed by atoms with Crippen molar-refractivity contribution in [3.63, 3.8) is 0 Å². The Morgan fingerprint density at radius 2 is 2.00 bits per heavy atom. The van der Waals surface area contributed by atoms with Crippen molar-refractivity contribution in [1.82, 2.24) is 24.8 Å². The van der Waals surface area contributed by atoms with E-state index in [9.17, 15) is 9.59 Å². The zero-order chi connectivity index (χ0) is 27.5. The van der Waals surface area contributed by atoms with E-state index >= 15 is 0 Å². The topological polar surface area (TPSA) is 115 Å². The molecule has 2 fully saturated rings. The number of rotatable bonds is 9. The van der Waals surface area contributed by atoms with Gasteiger partial charge in [-0.15, -0.1) is 11.3 Å². The molecule has 2 unspecified atom stereocenters. The predicted octanol–water partition coefficient (Wildman–Crippen LogP) is 4.54. The average molecular weight is 590 g/mol. The minimum Gasteiger partial charge on any atom is -0.481 e. The number of halogens is 1. The van der Waals surface area contributed by atoms with Gasteiger partial charge in [0.2, 0.25) is 0 Å². The van der Waals surface area contributed by atoms with Crippen molar-refractivity contribution in [2.75, 3.05) is 42.9 Å². The first-order valence-corrected chi connectivity index (χ1v) is 15.2. The zero-order valence-corrected chi connectivity index (χ0v) is 24.4. The summed E-state index contributed by atoms with van der Waals surface area (Å²) in [6.45, 7) is 8.89. The monoisotopic (exact) mass is 589 g/mol. The lowest BCUT2D eigenvalue weighted by Gasteiger charge is -2.40. The van der Waals surface area contributed by atoms with Crippen LogP contribution in [0.2, 0.25) is 5.02 Å². The number of thiophene rings is 1. The average Bonchev–Trinajstić information content (AvgIpc) is 3.63. The molecule has 0 aliphatic carbocycles. The van der Waals surface area contributed by atoms with Crippen LogP contribution in [-0.2, 0) is 11.3 Å². The molecular formula is C26H32ClN7O3S2. The summed E-state index contributed by atoms with van der Waals surface area (Å²) in [4.78, 5) is 46.4. The van der Waals surface area contributed by atoms with E-state index in [-0.39, 0.29) is 24.1 Å². The van der Waals surface area contributed by atoms with Crippen LogP contribution in [0.4, 0.5) is 10.9 Å². The minimum atomic E-state index is -0.785. The Kier molecular flexibility index (Phi) is 8.77. The molecule has 39 heavy (non-hydrogen) atoms. The Morgan fingerprint density at radius 1 is 1.15 bits per heavy atom. The molecule has 1 amide bonds. The molecule has 2 aliphatic heterocycles. The maximum absolute atomic E-state index is 13.0. The van der Waals surface area contributed by atoms with Crippen molar-refractivity contribution in [1.29, 1.82) is 0 Å². The second kappa shape index (κ2) is 12.3. The van der Waals surface area contributed by atoms with Crippen molar-refractivity contribution < 1.29 is 14.7 Å². The van der Waals surface area contributed by atoms with Gasteiger partial charge in [-0.1, -0.05) is 22.9 Å². The molecule has 2 N–H and O–H groups in total. The van der Waals surface area contributed by atoms with Gasteiger partial charge in [-0.3, -0.25) is 24.7 Å². The summed E-state index contributed by atoms with van der Waals surface area (Å²) in [6.07, 6.45) is 5.63. The number of aromatic nitrogens is 3. The molecule has 0 spiro atoms. The van der Waals surface area contributed by atoms with Crippen molar-refractivity contribution in [2.45, 2.75) is 51.7 Å². The molecule has 2 atom stereocenters. The van der Waals surface area contributed by atoms with E-state index in [0.717, 1.165) is 41.6 Å². The standard InChI is InChI=1S/C26H32ClN7O3S2/c1-16-4-3-6-33(16)14-21-24(20-10-18(27)15-38-20)30-26(39-21)31-25(37)19-11-29-22(12-28-19)34-9-8-32(17(2)13-34)7-5-23(35)36/h10-12,15-17H,3-9,13-14H2,1-2H3,(H,35,36)(H,30,31,37). The first kappa shape index (κ1) is 27.9. The molecule has 2 saturated heterocycles. The van der Waals surface area contributed by atoms with Gasteiger partial charge in [0.05, 0.1) is 34.4 Å². The van der Waals surface area contributed by atoms with Gasteiger partial charge < -0.3 is 10.0 Å².